The highest BCUT2D eigenvalue weighted by Gasteiger charge is 2.39. The van der Waals surface area contributed by atoms with Crippen LogP contribution in [0.5, 0.6) is 0 Å². The van der Waals surface area contributed by atoms with Gasteiger partial charge in [0.2, 0.25) is 0 Å². The second-order valence-corrected chi connectivity index (χ2v) is 5.25. The summed E-state index contributed by atoms with van der Waals surface area (Å²) in [6.07, 6.45) is 0. The average molecular weight is 252 g/mol. The summed E-state index contributed by atoms with van der Waals surface area (Å²) in [4.78, 5) is 16.2. The number of thioether (sulfide) groups is 1. The van der Waals surface area contributed by atoms with Crippen molar-refractivity contribution in [2.24, 2.45) is 5.73 Å². The zero-order valence-corrected chi connectivity index (χ0v) is 11.0. The number of nitrogens with two attached hydrogens (primary N) is 1. The van der Waals surface area contributed by atoms with Gasteiger partial charge in [-0.3, -0.25) is 4.79 Å². The minimum Gasteiger partial charge on any atom is -0.465 e. The summed E-state index contributed by atoms with van der Waals surface area (Å²) in [5.74, 6) is -0.250. The highest BCUT2D eigenvalue weighted by molar-refractivity contribution is 8.00. The van der Waals surface area contributed by atoms with Crippen molar-refractivity contribution in [2.75, 3.05) is 6.61 Å². The van der Waals surface area contributed by atoms with Crippen molar-refractivity contribution in [3.8, 4) is 0 Å². The molecule has 2 atom stereocenters. The molecule has 2 rings (SSSR count). The lowest BCUT2D eigenvalue weighted by Crippen LogP contribution is -2.29. The average Bonchev–Trinajstić information content (AvgIpc) is 2.56. The molecule has 2 N–H and O–H groups in total. The number of nitrogens with zero attached hydrogens (tertiary/aromatic N) is 1. The molecule has 1 aliphatic heterocycles. The van der Waals surface area contributed by atoms with Gasteiger partial charge in [-0.1, -0.05) is 11.8 Å². The van der Waals surface area contributed by atoms with Crippen molar-refractivity contribution < 1.29 is 9.53 Å². The predicted molar refractivity (Wildman–Crippen MR) is 66.9 cm³/mol. The van der Waals surface area contributed by atoms with Crippen LogP contribution in [0.2, 0.25) is 0 Å². The molecule has 17 heavy (non-hydrogen) atoms. The number of pyridine rings is 1. The molecule has 0 radical (unpaired) electrons. The quantitative estimate of drug-likeness (QED) is 0.812. The zero-order chi connectivity index (χ0) is 12.6. The van der Waals surface area contributed by atoms with Gasteiger partial charge in [0.05, 0.1) is 12.6 Å². The van der Waals surface area contributed by atoms with Crippen molar-refractivity contribution in [1.29, 1.82) is 0 Å². The van der Waals surface area contributed by atoms with E-state index in [4.69, 9.17) is 10.5 Å². The third kappa shape index (κ3) is 2.17. The van der Waals surface area contributed by atoms with E-state index in [-0.39, 0.29) is 17.3 Å². The van der Waals surface area contributed by atoms with E-state index in [0.717, 1.165) is 21.8 Å². The number of aryl methyl sites for hydroxylation is 2. The third-order valence-electron chi connectivity index (χ3n) is 2.78. The van der Waals surface area contributed by atoms with Gasteiger partial charge in [0.25, 0.3) is 0 Å². The van der Waals surface area contributed by atoms with E-state index in [1.54, 1.807) is 6.92 Å². The molecule has 1 aromatic heterocycles. The first kappa shape index (κ1) is 12.4. The number of aromatic nitrogens is 1. The fourth-order valence-corrected chi connectivity index (χ4v) is 3.38. The summed E-state index contributed by atoms with van der Waals surface area (Å²) in [6, 6.07) is 1.68. The minimum absolute atomic E-state index is 0.250. The summed E-state index contributed by atoms with van der Waals surface area (Å²) in [7, 11) is 0. The standard InChI is InChI=1S/C12H16N2O2S/c1-4-16-12(15)10-9(13)8-6(2)5-7(3)14-11(8)17-10/h5,9-10H,4,13H2,1-3H3. The molecule has 4 nitrogen and oxygen atoms in total. The number of carbonyl (C=O) groups excluding carboxylic acids is 1. The van der Waals surface area contributed by atoms with E-state index >= 15 is 0 Å². The van der Waals surface area contributed by atoms with Crippen LogP contribution in [0, 0.1) is 13.8 Å². The molecule has 2 unspecified atom stereocenters. The Hall–Kier alpha value is -1.07. The molecule has 0 aromatic carbocycles. The highest BCUT2D eigenvalue weighted by Crippen LogP contribution is 2.43. The lowest BCUT2D eigenvalue weighted by molar-refractivity contribution is -0.142. The topological polar surface area (TPSA) is 65.2 Å². The largest absolute Gasteiger partial charge is 0.465 e. The molecule has 0 aliphatic carbocycles. The van der Waals surface area contributed by atoms with Crippen LogP contribution in [-0.2, 0) is 9.53 Å². The predicted octanol–water partition coefficient (Wildman–Crippen LogP) is 1.74. The molecule has 0 saturated heterocycles. The van der Waals surface area contributed by atoms with E-state index in [1.807, 2.05) is 19.9 Å². The fourth-order valence-electron chi connectivity index (χ4n) is 2.07. The monoisotopic (exact) mass is 252 g/mol. The Kier molecular flexibility index (Phi) is 3.40. The number of hydrogen-bond acceptors (Lipinski definition) is 5. The first-order valence-corrected chi connectivity index (χ1v) is 6.49. The van der Waals surface area contributed by atoms with Gasteiger partial charge in [-0.2, -0.15) is 0 Å². The molecule has 0 saturated carbocycles. The zero-order valence-electron chi connectivity index (χ0n) is 10.2. The Morgan fingerprint density at radius 3 is 2.94 bits per heavy atom. The Balaban J connectivity index is 2.32. The molecule has 0 amide bonds. The van der Waals surface area contributed by atoms with Gasteiger partial charge in [-0.15, -0.1) is 0 Å². The second kappa shape index (κ2) is 4.66. The van der Waals surface area contributed by atoms with Crippen molar-refractivity contribution >= 4 is 17.7 Å². The SMILES string of the molecule is CCOC(=O)C1Sc2nc(C)cc(C)c2C1N. The maximum absolute atomic E-state index is 11.8. The molecule has 1 aliphatic rings. The van der Waals surface area contributed by atoms with Gasteiger partial charge < -0.3 is 10.5 Å². The van der Waals surface area contributed by atoms with E-state index in [9.17, 15) is 4.79 Å². The minimum atomic E-state index is -0.363. The fraction of sp³-hybridized carbons (Fsp3) is 0.500. The first-order valence-electron chi connectivity index (χ1n) is 5.61. The molecule has 5 heteroatoms. The van der Waals surface area contributed by atoms with Crippen LogP contribution in [0.3, 0.4) is 0 Å². The molecular weight excluding hydrogens is 236 g/mol. The van der Waals surface area contributed by atoms with E-state index in [2.05, 4.69) is 4.98 Å². The smallest absolute Gasteiger partial charge is 0.321 e. The molecule has 1 aromatic rings. The molecule has 0 bridgehead atoms. The van der Waals surface area contributed by atoms with Crippen molar-refractivity contribution in [3.63, 3.8) is 0 Å². The van der Waals surface area contributed by atoms with Crippen LogP contribution in [0.4, 0.5) is 0 Å². The Morgan fingerprint density at radius 1 is 1.59 bits per heavy atom. The number of hydrogen-bond donors (Lipinski definition) is 1. The van der Waals surface area contributed by atoms with Crippen LogP contribution >= 0.6 is 11.8 Å². The van der Waals surface area contributed by atoms with Crippen LogP contribution in [-0.4, -0.2) is 22.8 Å². The van der Waals surface area contributed by atoms with Gasteiger partial charge in [0.1, 0.15) is 10.3 Å². The van der Waals surface area contributed by atoms with Crippen molar-refractivity contribution in [3.05, 3.63) is 22.9 Å². The molecule has 2 heterocycles. The lowest BCUT2D eigenvalue weighted by atomic mass is 10.0. The summed E-state index contributed by atoms with van der Waals surface area (Å²) in [5, 5.41) is 0.506. The number of carbonyl (C=O) groups is 1. The summed E-state index contributed by atoms with van der Waals surface area (Å²) < 4.78 is 5.03. The number of rotatable bonds is 2. The van der Waals surface area contributed by atoms with Gasteiger partial charge in [-0.25, -0.2) is 4.98 Å². The Bertz CT molecular complexity index is 462. The van der Waals surface area contributed by atoms with Gasteiger partial charge in [-0.05, 0) is 32.4 Å². The third-order valence-corrected chi connectivity index (χ3v) is 4.05. The summed E-state index contributed by atoms with van der Waals surface area (Å²) in [5.41, 5.74) is 9.14. The second-order valence-electron chi connectivity index (χ2n) is 4.12. The van der Waals surface area contributed by atoms with Gasteiger partial charge >= 0.3 is 5.97 Å². The molecule has 0 fully saturated rings. The normalized spacial score (nSPS) is 22.4. The summed E-state index contributed by atoms with van der Waals surface area (Å²) in [6.45, 7) is 6.12. The van der Waals surface area contributed by atoms with Crippen molar-refractivity contribution in [1.82, 2.24) is 4.98 Å². The first-order chi connectivity index (χ1) is 8.04. The van der Waals surface area contributed by atoms with E-state index in [0.29, 0.717) is 6.61 Å². The van der Waals surface area contributed by atoms with Crippen molar-refractivity contribution in [2.45, 2.75) is 37.1 Å². The Labute approximate surface area is 105 Å². The lowest BCUT2D eigenvalue weighted by Gasteiger charge is -2.14. The highest BCUT2D eigenvalue weighted by atomic mass is 32.2. The van der Waals surface area contributed by atoms with Crippen LogP contribution in [0.25, 0.3) is 0 Å². The number of ether oxygens (including phenoxy) is 1. The van der Waals surface area contributed by atoms with E-state index < -0.39 is 0 Å². The van der Waals surface area contributed by atoms with Crippen LogP contribution < -0.4 is 5.73 Å². The molecular formula is C12H16N2O2S. The van der Waals surface area contributed by atoms with Gasteiger partial charge in [0, 0.05) is 11.3 Å². The van der Waals surface area contributed by atoms with Gasteiger partial charge in [0.15, 0.2) is 0 Å². The molecule has 0 spiro atoms. The van der Waals surface area contributed by atoms with Crippen LogP contribution in [0.1, 0.15) is 29.8 Å². The number of esters is 1. The van der Waals surface area contributed by atoms with E-state index in [1.165, 1.54) is 11.8 Å². The summed E-state index contributed by atoms with van der Waals surface area (Å²) >= 11 is 1.41. The maximum atomic E-state index is 11.8. The van der Waals surface area contributed by atoms with Crippen LogP contribution in [0.15, 0.2) is 11.1 Å². The number of fused-ring (bicyclic) bond motifs is 1. The molecule has 92 valence electrons. The Morgan fingerprint density at radius 2 is 2.29 bits per heavy atom. The maximum Gasteiger partial charge on any atom is 0.321 e.